The van der Waals surface area contributed by atoms with E-state index < -0.39 is 12.1 Å². The molecule has 6 heteroatoms. The number of ether oxygens (including phenoxy) is 1. The molecule has 4 N–H and O–H groups in total. The Hall–Kier alpha value is -2.41. The van der Waals surface area contributed by atoms with E-state index in [1.807, 2.05) is 30.3 Å². The second-order valence-corrected chi connectivity index (χ2v) is 7.90. The molecule has 1 aliphatic rings. The van der Waals surface area contributed by atoms with E-state index in [9.17, 15) is 9.90 Å². The van der Waals surface area contributed by atoms with Crippen molar-refractivity contribution in [1.29, 1.82) is 0 Å². The Morgan fingerprint density at radius 2 is 2.00 bits per heavy atom. The Labute approximate surface area is 178 Å². The average molecular weight is 413 g/mol. The molecule has 0 amide bonds. The fraction of sp³-hybridized carbons (Fsp3) is 0.458. The summed E-state index contributed by atoms with van der Waals surface area (Å²) in [5.41, 5.74) is 3.91. The first-order chi connectivity index (χ1) is 14.6. The minimum absolute atomic E-state index is 0.132. The van der Waals surface area contributed by atoms with Gasteiger partial charge in [-0.05, 0) is 54.5 Å². The summed E-state index contributed by atoms with van der Waals surface area (Å²) in [6.45, 7) is 1.92. The zero-order valence-electron chi connectivity index (χ0n) is 17.3. The zero-order valence-corrected chi connectivity index (χ0v) is 17.3. The van der Waals surface area contributed by atoms with Crippen molar-refractivity contribution in [1.82, 2.24) is 10.6 Å². The van der Waals surface area contributed by atoms with Crippen molar-refractivity contribution >= 4 is 5.97 Å². The number of aliphatic carboxylic acids is 1. The molecule has 6 nitrogen and oxygen atoms in total. The Morgan fingerprint density at radius 1 is 1.17 bits per heavy atom. The predicted molar refractivity (Wildman–Crippen MR) is 117 cm³/mol. The predicted octanol–water partition coefficient (Wildman–Crippen LogP) is 2.53. The van der Waals surface area contributed by atoms with E-state index in [0.29, 0.717) is 25.7 Å². The molecular formula is C24H32N2O4. The van der Waals surface area contributed by atoms with Crippen molar-refractivity contribution in [3.8, 4) is 5.75 Å². The van der Waals surface area contributed by atoms with Crippen LogP contribution in [-0.4, -0.2) is 48.0 Å². The highest BCUT2D eigenvalue weighted by molar-refractivity contribution is 5.66. The van der Waals surface area contributed by atoms with E-state index in [4.69, 9.17) is 9.84 Å². The van der Waals surface area contributed by atoms with Crippen LogP contribution in [0.15, 0.2) is 48.5 Å². The summed E-state index contributed by atoms with van der Waals surface area (Å²) < 4.78 is 5.63. The van der Waals surface area contributed by atoms with Crippen molar-refractivity contribution in [2.75, 3.05) is 19.7 Å². The summed E-state index contributed by atoms with van der Waals surface area (Å²) in [7, 11) is 0. The van der Waals surface area contributed by atoms with Crippen molar-refractivity contribution in [3.63, 3.8) is 0 Å². The third-order valence-electron chi connectivity index (χ3n) is 5.41. The van der Waals surface area contributed by atoms with Crippen LogP contribution in [0.3, 0.4) is 0 Å². The maximum absolute atomic E-state index is 10.6. The topological polar surface area (TPSA) is 90.8 Å². The first kappa shape index (κ1) is 22.3. The quantitative estimate of drug-likeness (QED) is 0.335. The average Bonchev–Trinajstić information content (AvgIpc) is 2.96. The van der Waals surface area contributed by atoms with Crippen molar-refractivity contribution < 1.29 is 19.7 Å². The van der Waals surface area contributed by atoms with E-state index >= 15 is 0 Å². The van der Waals surface area contributed by atoms with Crippen LogP contribution in [0.25, 0.3) is 0 Å². The van der Waals surface area contributed by atoms with Gasteiger partial charge in [-0.2, -0.15) is 0 Å². The lowest BCUT2D eigenvalue weighted by atomic mass is 9.99. The number of nitrogens with one attached hydrogen (secondary N) is 2. The van der Waals surface area contributed by atoms with E-state index in [0.717, 1.165) is 31.4 Å². The van der Waals surface area contributed by atoms with Gasteiger partial charge in [0.2, 0.25) is 0 Å². The first-order valence-corrected chi connectivity index (χ1v) is 10.7. The monoisotopic (exact) mass is 412 g/mol. The smallest absolute Gasteiger partial charge is 0.304 e. The van der Waals surface area contributed by atoms with Crippen LogP contribution in [0.4, 0.5) is 0 Å². The number of carboxylic acid groups (broad SMARTS) is 1. The molecule has 162 valence electrons. The van der Waals surface area contributed by atoms with E-state index in [2.05, 4.69) is 28.8 Å². The molecule has 0 spiro atoms. The molecule has 0 saturated heterocycles. The summed E-state index contributed by atoms with van der Waals surface area (Å²) in [6.07, 6.45) is 3.78. The van der Waals surface area contributed by atoms with Gasteiger partial charge in [0.15, 0.2) is 0 Å². The molecule has 30 heavy (non-hydrogen) atoms. The van der Waals surface area contributed by atoms with Crippen LogP contribution in [0.5, 0.6) is 5.75 Å². The number of hydrogen-bond donors (Lipinski definition) is 4. The molecule has 0 saturated carbocycles. The highest BCUT2D eigenvalue weighted by Gasteiger charge is 2.18. The van der Waals surface area contributed by atoms with Gasteiger partial charge >= 0.3 is 5.97 Å². The molecule has 2 atom stereocenters. The summed E-state index contributed by atoms with van der Waals surface area (Å²) in [4.78, 5) is 10.6. The van der Waals surface area contributed by atoms with Gasteiger partial charge in [0.25, 0.3) is 0 Å². The SMILES string of the molecule is O=C(O)CCNCc1ccc2c(c1)CC(NC[C@H](O)COc1ccccc1)CCC2. The molecule has 0 aromatic heterocycles. The van der Waals surface area contributed by atoms with Crippen LogP contribution < -0.4 is 15.4 Å². The molecular weight excluding hydrogens is 380 g/mol. The Balaban J connectivity index is 1.46. The van der Waals surface area contributed by atoms with Gasteiger partial charge in [0, 0.05) is 25.7 Å². The fourth-order valence-electron chi connectivity index (χ4n) is 3.80. The minimum atomic E-state index is -0.783. The largest absolute Gasteiger partial charge is 0.491 e. The zero-order chi connectivity index (χ0) is 21.2. The van der Waals surface area contributed by atoms with Crippen LogP contribution in [0, 0.1) is 0 Å². The summed E-state index contributed by atoms with van der Waals surface area (Å²) in [5, 5.41) is 25.7. The molecule has 2 aromatic carbocycles. The first-order valence-electron chi connectivity index (χ1n) is 10.7. The summed E-state index contributed by atoms with van der Waals surface area (Å²) in [6, 6.07) is 16.4. The molecule has 1 aliphatic carbocycles. The van der Waals surface area contributed by atoms with Crippen molar-refractivity contribution in [2.24, 2.45) is 0 Å². The van der Waals surface area contributed by atoms with Gasteiger partial charge in [-0.25, -0.2) is 0 Å². The number of aliphatic hydroxyl groups is 1. The number of carboxylic acids is 1. The normalized spacial score (nSPS) is 17.0. The molecule has 0 aliphatic heterocycles. The molecule has 2 aromatic rings. The summed E-state index contributed by atoms with van der Waals surface area (Å²) >= 11 is 0. The molecule has 0 fully saturated rings. The molecule has 1 unspecified atom stereocenters. The van der Waals surface area contributed by atoms with E-state index in [1.165, 1.54) is 16.7 Å². The second kappa shape index (κ2) is 11.7. The number of aliphatic hydroxyl groups excluding tert-OH is 1. The number of benzene rings is 2. The molecule has 0 heterocycles. The number of hydrogen-bond acceptors (Lipinski definition) is 5. The fourth-order valence-corrected chi connectivity index (χ4v) is 3.80. The van der Waals surface area contributed by atoms with Crippen LogP contribution in [-0.2, 0) is 24.2 Å². The van der Waals surface area contributed by atoms with Gasteiger partial charge < -0.3 is 25.6 Å². The lowest BCUT2D eigenvalue weighted by molar-refractivity contribution is -0.136. The number of fused-ring (bicyclic) bond motifs is 1. The van der Waals surface area contributed by atoms with Crippen LogP contribution in [0.2, 0.25) is 0 Å². The van der Waals surface area contributed by atoms with Gasteiger partial charge in [-0.1, -0.05) is 36.4 Å². The molecule has 0 bridgehead atoms. The lowest BCUT2D eigenvalue weighted by Gasteiger charge is -2.20. The van der Waals surface area contributed by atoms with Crippen LogP contribution in [0.1, 0.15) is 36.0 Å². The van der Waals surface area contributed by atoms with Crippen LogP contribution >= 0.6 is 0 Å². The highest BCUT2D eigenvalue weighted by atomic mass is 16.5. The van der Waals surface area contributed by atoms with E-state index in [1.54, 1.807) is 0 Å². The van der Waals surface area contributed by atoms with Gasteiger partial charge in [-0.3, -0.25) is 4.79 Å². The maximum Gasteiger partial charge on any atom is 0.304 e. The van der Waals surface area contributed by atoms with Crippen molar-refractivity contribution in [2.45, 2.75) is 50.8 Å². The van der Waals surface area contributed by atoms with Gasteiger partial charge in [0.1, 0.15) is 18.5 Å². The third kappa shape index (κ3) is 7.44. The maximum atomic E-state index is 10.6. The number of para-hydroxylation sites is 1. The summed E-state index contributed by atoms with van der Waals surface area (Å²) in [5.74, 6) is -0.0147. The standard InChI is InChI=1S/C24H32N2O4/c27-22(17-30-23-7-2-1-3-8-23)16-26-21-6-4-5-19-10-9-18(13-20(19)14-21)15-25-12-11-24(28)29/h1-3,7-10,13,21-22,25-27H,4-6,11-12,14-17H2,(H,28,29)/t21?,22-/m0/s1. The minimum Gasteiger partial charge on any atom is -0.491 e. The lowest BCUT2D eigenvalue weighted by Crippen LogP contribution is -2.39. The van der Waals surface area contributed by atoms with Gasteiger partial charge in [-0.15, -0.1) is 0 Å². The number of rotatable bonds is 11. The van der Waals surface area contributed by atoms with Crippen molar-refractivity contribution in [3.05, 3.63) is 65.2 Å². The Bertz CT molecular complexity index is 797. The molecule has 3 rings (SSSR count). The number of carbonyl (C=O) groups is 1. The number of aryl methyl sites for hydroxylation is 1. The Morgan fingerprint density at radius 3 is 2.80 bits per heavy atom. The third-order valence-corrected chi connectivity index (χ3v) is 5.41. The Kier molecular flexibility index (Phi) is 8.68. The molecule has 0 radical (unpaired) electrons. The highest BCUT2D eigenvalue weighted by Crippen LogP contribution is 2.22. The van der Waals surface area contributed by atoms with E-state index in [-0.39, 0.29) is 13.0 Å². The van der Waals surface area contributed by atoms with Gasteiger partial charge in [0.05, 0.1) is 6.42 Å². The second-order valence-electron chi connectivity index (χ2n) is 7.90.